The molecule has 2 aliphatic heterocycles. The van der Waals surface area contributed by atoms with Gasteiger partial charge in [0.25, 0.3) is 0 Å². The Morgan fingerprint density at radius 2 is 1.85 bits per heavy atom. The van der Waals surface area contributed by atoms with Gasteiger partial charge in [-0.25, -0.2) is 4.79 Å². The van der Waals surface area contributed by atoms with E-state index in [1.165, 1.54) is 28.1 Å². The second-order valence-electron chi connectivity index (χ2n) is 8.82. The fraction of sp³-hybridized carbons (Fsp3) is 0.346. The summed E-state index contributed by atoms with van der Waals surface area (Å²) in [6.07, 6.45) is 3.20. The van der Waals surface area contributed by atoms with E-state index in [1.807, 2.05) is 0 Å². The molecule has 170 valence electrons. The highest BCUT2D eigenvalue weighted by molar-refractivity contribution is 5.96. The molecule has 3 aromatic rings. The lowest BCUT2D eigenvalue weighted by molar-refractivity contribution is -0.126. The second kappa shape index (κ2) is 8.73. The van der Waals surface area contributed by atoms with E-state index < -0.39 is 0 Å². The number of rotatable bonds is 3. The van der Waals surface area contributed by atoms with Crippen molar-refractivity contribution in [3.05, 3.63) is 76.4 Å². The number of hydrogen-bond donors (Lipinski definition) is 1. The molecule has 7 heteroatoms. The Bertz CT molecular complexity index is 1270. The number of nitrogens with one attached hydrogen (secondary N) is 1. The van der Waals surface area contributed by atoms with Crippen molar-refractivity contribution in [1.29, 1.82) is 0 Å². The van der Waals surface area contributed by atoms with Crippen LogP contribution in [-0.2, 0) is 17.8 Å². The Labute approximate surface area is 193 Å². The normalized spacial score (nSPS) is 16.5. The summed E-state index contributed by atoms with van der Waals surface area (Å²) in [5, 5.41) is 2.46. The highest BCUT2D eigenvalue weighted by Crippen LogP contribution is 2.34. The van der Waals surface area contributed by atoms with E-state index in [9.17, 15) is 9.59 Å². The number of aromatic nitrogens is 2. The van der Waals surface area contributed by atoms with E-state index in [1.54, 1.807) is 4.90 Å². The van der Waals surface area contributed by atoms with Crippen LogP contribution in [0.5, 0.6) is 0 Å². The van der Waals surface area contributed by atoms with Crippen LogP contribution < -0.4 is 15.5 Å². The van der Waals surface area contributed by atoms with Crippen LogP contribution in [0, 0.1) is 6.92 Å². The van der Waals surface area contributed by atoms with Gasteiger partial charge < -0.3 is 19.7 Å². The number of carbonyl (C=O) groups is 1. The first kappa shape index (κ1) is 21.2. The maximum Gasteiger partial charge on any atom is 0.347 e. The van der Waals surface area contributed by atoms with Gasteiger partial charge in [0, 0.05) is 55.1 Å². The molecule has 0 aliphatic carbocycles. The number of anilines is 2. The molecule has 0 radical (unpaired) electrons. The summed E-state index contributed by atoms with van der Waals surface area (Å²) in [6, 6.07) is 12.8. The van der Waals surface area contributed by atoms with Crippen molar-refractivity contribution in [2.45, 2.75) is 26.3 Å². The lowest BCUT2D eigenvalue weighted by atomic mass is 10.0. The molecule has 0 unspecified atom stereocenters. The molecule has 0 atom stereocenters. The molecule has 1 aromatic heterocycles. The van der Waals surface area contributed by atoms with Gasteiger partial charge in [-0.1, -0.05) is 43.0 Å². The average molecular weight is 444 g/mol. The Morgan fingerprint density at radius 1 is 1.06 bits per heavy atom. The molecule has 1 amide bonds. The Kier molecular flexibility index (Phi) is 5.62. The smallest absolute Gasteiger partial charge is 0.347 e. The van der Waals surface area contributed by atoms with Gasteiger partial charge in [0.2, 0.25) is 5.91 Å². The maximum absolute atomic E-state index is 12.6. The van der Waals surface area contributed by atoms with Gasteiger partial charge in [-0.3, -0.25) is 4.79 Å². The van der Waals surface area contributed by atoms with Gasteiger partial charge in [0.05, 0.1) is 6.54 Å². The lowest BCUT2D eigenvalue weighted by Crippen LogP contribution is -2.49. The molecular formula is C26H29N5O2. The van der Waals surface area contributed by atoms with Crippen LogP contribution in [0.25, 0.3) is 10.8 Å². The van der Waals surface area contributed by atoms with Gasteiger partial charge in [0.1, 0.15) is 5.82 Å². The van der Waals surface area contributed by atoms with Crippen molar-refractivity contribution in [2.24, 2.45) is 0 Å². The monoisotopic (exact) mass is 443 g/mol. The predicted molar refractivity (Wildman–Crippen MR) is 132 cm³/mol. The number of fused-ring (bicyclic) bond motifs is 2. The quantitative estimate of drug-likeness (QED) is 0.630. The number of benzene rings is 2. The molecule has 33 heavy (non-hydrogen) atoms. The fourth-order valence-corrected chi connectivity index (χ4v) is 5.15. The first-order chi connectivity index (χ1) is 16.0. The fourth-order valence-electron chi connectivity index (χ4n) is 5.15. The number of amides is 1. The molecule has 0 saturated carbocycles. The summed E-state index contributed by atoms with van der Waals surface area (Å²) < 4.78 is 0. The number of aromatic amines is 1. The largest absolute Gasteiger partial charge is 0.365 e. The molecule has 1 saturated heterocycles. The third kappa shape index (κ3) is 3.99. The van der Waals surface area contributed by atoms with Crippen LogP contribution >= 0.6 is 0 Å². The lowest BCUT2D eigenvalue weighted by Gasteiger charge is -2.36. The van der Waals surface area contributed by atoms with Crippen molar-refractivity contribution in [3.63, 3.8) is 0 Å². The minimum atomic E-state index is -0.315. The van der Waals surface area contributed by atoms with Crippen LogP contribution in [0.2, 0.25) is 0 Å². The molecule has 0 spiro atoms. The molecule has 7 nitrogen and oxygen atoms in total. The van der Waals surface area contributed by atoms with Gasteiger partial charge in [-0.05, 0) is 36.8 Å². The van der Waals surface area contributed by atoms with Crippen molar-refractivity contribution in [1.82, 2.24) is 14.9 Å². The summed E-state index contributed by atoms with van der Waals surface area (Å²) in [5.41, 5.74) is 4.22. The summed E-state index contributed by atoms with van der Waals surface area (Å²) in [4.78, 5) is 38.3. The van der Waals surface area contributed by atoms with E-state index in [2.05, 4.69) is 69.7 Å². The van der Waals surface area contributed by atoms with E-state index in [0.717, 1.165) is 36.5 Å². The molecule has 2 aliphatic rings. The number of H-pyrrole nitrogens is 1. The van der Waals surface area contributed by atoms with Crippen LogP contribution in [0.3, 0.4) is 0 Å². The number of piperazine rings is 1. The first-order valence-corrected chi connectivity index (χ1v) is 11.6. The molecule has 1 fully saturated rings. The summed E-state index contributed by atoms with van der Waals surface area (Å²) in [6.45, 7) is 9.82. The van der Waals surface area contributed by atoms with Crippen molar-refractivity contribution < 1.29 is 4.79 Å². The van der Waals surface area contributed by atoms with E-state index in [4.69, 9.17) is 0 Å². The minimum absolute atomic E-state index is 0.0477. The zero-order valence-corrected chi connectivity index (χ0v) is 19.0. The third-order valence-electron chi connectivity index (χ3n) is 6.79. The summed E-state index contributed by atoms with van der Waals surface area (Å²) >= 11 is 0. The van der Waals surface area contributed by atoms with Crippen molar-refractivity contribution in [3.8, 4) is 0 Å². The molecule has 0 bridgehead atoms. The van der Waals surface area contributed by atoms with Crippen LogP contribution in [0.15, 0.2) is 53.8 Å². The first-order valence-electron chi connectivity index (χ1n) is 11.6. The SMILES string of the molecule is C=CC(=O)N1CCN(c2nc(=O)[nH]c3c2CCCN(c2c(C)ccc4ccccc24)C3)CC1. The maximum atomic E-state index is 12.6. The number of hydrogen-bond acceptors (Lipinski definition) is 5. The van der Waals surface area contributed by atoms with Gasteiger partial charge in [-0.15, -0.1) is 0 Å². The predicted octanol–water partition coefficient (Wildman–Crippen LogP) is 3.02. The number of nitrogens with zero attached hydrogens (tertiary/aromatic N) is 4. The van der Waals surface area contributed by atoms with Gasteiger partial charge in [0.15, 0.2) is 0 Å². The molecule has 2 aromatic carbocycles. The molecular weight excluding hydrogens is 414 g/mol. The number of aryl methyl sites for hydroxylation is 1. The van der Waals surface area contributed by atoms with E-state index in [0.29, 0.717) is 32.7 Å². The van der Waals surface area contributed by atoms with Crippen molar-refractivity contribution in [2.75, 3.05) is 42.5 Å². The Balaban J connectivity index is 1.48. The Hall–Kier alpha value is -3.61. The van der Waals surface area contributed by atoms with E-state index >= 15 is 0 Å². The van der Waals surface area contributed by atoms with Gasteiger partial charge >= 0.3 is 5.69 Å². The Morgan fingerprint density at radius 3 is 2.64 bits per heavy atom. The van der Waals surface area contributed by atoms with Crippen LogP contribution in [-0.4, -0.2) is 53.5 Å². The molecule has 5 rings (SSSR count). The third-order valence-corrected chi connectivity index (χ3v) is 6.79. The zero-order chi connectivity index (χ0) is 22.9. The average Bonchev–Trinajstić information content (AvgIpc) is 3.05. The zero-order valence-electron chi connectivity index (χ0n) is 19.0. The molecule has 1 N–H and O–H groups in total. The topological polar surface area (TPSA) is 72.5 Å². The van der Waals surface area contributed by atoms with E-state index in [-0.39, 0.29) is 11.6 Å². The van der Waals surface area contributed by atoms with Crippen LogP contribution in [0.4, 0.5) is 11.5 Å². The highest BCUT2D eigenvalue weighted by Gasteiger charge is 2.27. The molecule has 3 heterocycles. The van der Waals surface area contributed by atoms with Crippen molar-refractivity contribution >= 4 is 28.2 Å². The van der Waals surface area contributed by atoms with Crippen LogP contribution in [0.1, 0.15) is 23.2 Å². The number of carbonyl (C=O) groups excluding carboxylic acids is 1. The highest BCUT2D eigenvalue weighted by atomic mass is 16.2. The summed E-state index contributed by atoms with van der Waals surface area (Å²) in [7, 11) is 0. The second-order valence-corrected chi connectivity index (χ2v) is 8.82. The minimum Gasteiger partial charge on any atom is -0.365 e. The summed E-state index contributed by atoms with van der Waals surface area (Å²) in [5.74, 6) is 0.726. The standard InChI is InChI=1S/C26H29N5O2/c1-3-23(32)29-13-15-30(16-14-29)25-21-9-6-12-31(17-22(21)27-26(33)28-25)24-18(2)10-11-19-7-4-5-8-20(19)24/h3-5,7-8,10-11H,1,6,9,12-17H2,2H3,(H,27,28,33). The van der Waals surface area contributed by atoms with Gasteiger partial charge in [-0.2, -0.15) is 4.98 Å².